The van der Waals surface area contributed by atoms with Crippen LogP contribution >= 0.6 is 0 Å². The Labute approximate surface area is 249 Å². The molecule has 0 aromatic heterocycles. The van der Waals surface area contributed by atoms with Crippen molar-refractivity contribution in [1.82, 2.24) is 0 Å². The van der Waals surface area contributed by atoms with Crippen LogP contribution in [0.25, 0.3) is 0 Å². The number of carbonyl (C=O) groups is 3. The van der Waals surface area contributed by atoms with Gasteiger partial charge in [0.05, 0.1) is 34.9 Å². The van der Waals surface area contributed by atoms with Gasteiger partial charge in [0.15, 0.2) is 6.10 Å². The van der Waals surface area contributed by atoms with Gasteiger partial charge in [0, 0.05) is 31.6 Å². The van der Waals surface area contributed by atoms with Crippen molar-refractivity contribution in [3.63, 3.8) is 0 Å². The number of benzene rings is 1. The van der Waals surface area contributed by atoms with E-state index in [1.54, 1.807) is 18.2 Å². The van der Waals surface area contributed by atoms with Gasteiger partial charge in [0.1, 0.15) is 24.4 Å². The SMILES string of the molecule is CC(=O)OC[C@]1(O)[C@@H](OC(C)=O)C[C@H](O)[C@]2(C)[C@@H]1[C@H](O)[C@]1(C(C)(C)O)C[C@H](O)C(C)=C1[C@@H](OC(=O)c1ccccc1)[C@@H]2O. The molecule has 3 aliphatic carbocycles. The summed E-state index contributed by atoms with van der Waals surface area (Å²) in [5.74, 6) is -4.16. The Balaban J connectivity index is 2.03. The fraction of sp³-hybridized carbons (Fsp3) is 0.645. The zero-order valence-corrected chi connectivity index (χ0v) is 25.2. The van der Waals surface area contributed by atoms with Crippen molar-refractivity contribution in [2.24, 2.45) is 16.7 Å². The van der Waals surface area contributed by atoms with Crippen LogP contribution in [0.4, 0.5) is 0 Å². The van der Waals surface area contributed by atoms with E-state index in [9.17, 15) is 45.0 Å². The number of carbonyl (C=O) groups excluding carboxylic acids is 3. The zero-order chi connectivity index (χ0) is 32.3. The Kier molecular flexibility index (Phi) is 8.64. The molecular weight excluding hydrogens is 564 g/mol. The molecule has 1 aromatic rings. The Hall–Kier alpha value is -2.87. The third kappa shape index (κ3) is 5.07. The smallest absolute Gasteiger partial charge is 0.338 e. The van der Waals surface area contributed by atoms with Gasteiger partial charge >= 0.3 is 17.9 Å². The second-order valence-corrected chi connectivity index (χ2v) is 12.9. The molecule has 3 aliphatic rings. The largest absolute Gasteiger partial charge is 0.463 e. The van der Waals surface area contributed by atoms with Gasteiger partial charge in [-0.25, -0.2) is 4.79 Å². The molecular formula is C31H42O12. The third-order valence-corrected chi connectivity index (χ3v) is 10.0. The van der Waals surface area contributed by atoms with Crippen LogP contribution in [0.5, 0.6) is 0 Å². The van der Waals surface area contributed by atoms with Gasteiger partial charge in [0.2, 0.25) is 0 Å². The number of hydrogen-bond acceptors (Lipinski definition) is 12. The van der Waals surface area contributed by atoms with Gasteiger partial charge < -0.3 is 44.8 Å². The van der Waals surface area contributed by atoms with Crippen LogP contribution < -0.4 is 0 Å². The molecule has 238 valence electrons. The van der Waals surface area contributed by atoms with Gasteiger partial charge in [-0.2, -0.15) is 0 Å². The highest BCUT2D eigenvalue weighted by Gasteiger charge is 2.75. The summed E-state index contributed by atoms with van der Waals surface area (Å²) in [6.45, 7) is 7.02. The minimum atomic E-state index is -2.42. The standard InChI is InChI=1S/C31H42O12/c1-15-19(34)13-30(28(4,5)39)22(15)23(43-27(38)18-10-8-7-9-11-18)25(36)29(6)20(35)12-21(42-17(3)33)31(40,14-41-16(2)32)24(29)26(30)37/h7-11,19-21,23-26,34-37,39-40H,12-14H2,1-6H3/t19-,20-,21-,23+,24-,25-,26-,29+,30-,31-/m0/s1. The highest BCUT2D eigenvalue weighted by molar-refractivity contribution is 5.89. The average molecular weight is 607 g/mol. The second-order valence-electron chi connectivity index (χ2n) is 12.9. The number of hydrogen-bond donors (Lipinski definition) is 6. The van der Waals surface area contributed by atoms with Crippen LogP contribution in [0.3, 0.4) is 0 Å². The third-order valence-electron chi connectivity index (χ3n) is 10.0. The van der Waals surface area contributed by atoms with Crippen molar-refractivity contribution in [2.45, 2.75) is 102 Å². The number of aliphatic hydroxyl groups excluding tert-OH is 4. The van der Waals surface area contributed by atoms with E-state index >= 15 is 0 Å². The molecule has 0 spiro atoms. The number of ether oxygens (including phenoxy) is 3. The first-order valence-corrected chi connectivity index (χ1v) is 14.3. The fourth-order valence-electron chi connectivity index (χ4n) is 7.80. The lowest BCUT2D eigenvalue weighted by atomic mass is 9.51. The monoisotopic (exact) mass is 606 g/mol. The van der Waals surface area contributed by atoms with Crippen LogP contribution in [-0.4, -0.2) is 103 Å². The molecule has 43 heavy (non-hydrogen) atoms. The van der Waals surface area contributed by atoms with Gasteiger partial charge in [0.25, 0.3) is 0 Å². The van der Waals surface area contributed by atoms with Crippen molar-refractivity contribution in [3.8, 4) is 0 Å². The molecule has 10 atom stereocenters. The van der Waals surface area contributed by atoms with Gasteiger partial charge in [-0.05, 0) is 50.5 Å². The second kappa shape index (κ2) is 11.2. The molecule has 6 N–H and O–H groups in total. The zero-order valence-electron chi connectivity index (χ0n) is 25.2. The first kappa shape index (κ1) is 33.0. The minimum Gasteiger partial charge on any atom is -0.463 e. The maximum Gasteiger partial charge on any atom is 0.338 e. The van der Waals surface area contributed by atoms with E-state index in [2.05, 4.69) is 0 Å². The normalized spacial score (nSPS) is 39.3. The van der Waals surface area contributed by atoms with E-state index in [4.69, 9.17) is 14.2 Å². The summed E-state index contributed by atoms with van der Waals surface area (Å²) in [5.41, 5.74) is -7.73. The van der Waals surface area contributed by atoms with Crippen molar-refractivity contribution in [2.75, 3.05) is 6.61 Å². The topological polar surface area (TPSA) is 200 Å². The molecule has 4 rings (SSSR count). The van der Waals surface area contributed by atoms with E-state index in [1.165, 1.54) is 39.8 Å². The summed E-state index contributed by atoms with van der Waals surface area (Å²) in [6.07, 6.45) is -10.5. The van der Waals surface area contributed by atoms with Crippen molar-refractivity contribution < 1.29 is 59.2 Å². The molecule has 0 saturated heterocycles. The maximum atomic E-state index is 13.4. The predicted octanol–water partition coefficient (Wildman–Crippen LogP) is 0.399. The van der Waals surface area contributed by atoms with Crippen LogP contribution in [0, 0.1) is 16.7 Å². The molecule has 2 saturated carbocycles. The first-order chi connectivity index (χ1) is 19.8. The summed E-state index contributed by atoms with van der Waals surface area (Å²) in [6, 6.07) is 7.91. The molecule has 0 unspecified atom stereocenters. The Morgan fingerprint density at radius 1 is 0.977 bits per heavy atom. The van der Waals surface area contributed by atoms with E-state index in [1.807, 2.05) is 0 Å². The number of esters is 3. The molecule has 2 fully saturated rings. The van der Waals surface area contributed by atoms with E-state index in [0.29, 0.717) is 0 Å². The van der Waals surface area contributed by atoms with Gasteiger partial charge in [-0.3, -0.25) is 9.59 Å². The molecule has 1 aromatic carbocycles. The van der Waals surface area contributed by atoms with Crippen molar-refractivity contribution in [1.29, 1.82) is 0 Å². The summed E-state index contributed by atoms with van der Waals surface area (Å²) in [4.78, 5) is 37.5. The molecule has 0 heterocycles. The summed E-state index contributed by atoms with van der Waals surface area (Å²) in [7, 11) is 0. The molecule has 12 nitrogen and oxygen atoms in total. The lowest BCUT2D eigenvalue weighted by Crippen LogP contribution is -2.73. The molecule has 0 bridgehead atoms. The number of fused-ring (bicyclic) bond motifs is 2. The summed E-state index contributed by atoms with van der Waals surface area (Å²) < 4.78 is 16.6. The molecule has 0 amide bonds. The van der Waals surface area contributed by atoms with E-state index < -0.39 is 95.5 Å². The molecule has 0 radical (unpaired) electrons. The fourth-order valence-corrected chi connectivity index (χ4v) is 7.80. The molecule has 0 aliphatic heterocycles. The van der Waals surface area contributed by atoms with E-state index in [-0.39, 0.29) is 23.1 Å². The van der Waals surface area contributed by atoms with Crippen LogP contribution in [0.2, 0.25) is 0 Å². The van der Waals surface area contributed by atoms with Crippen LogP contribution in [0.1, 0.15) is 64.7 Å². The lowest BCUT2D eigenvalue weighted by Gasteiger charge is -2.59. The van der Waals surface area contributed by atoms with Crippen LogP contribution in [-0.2, 0) is 23.8 Å². The molecule has 12 heteroatoms. The summed E-state index contributed by atoms with van der Waals surface area (Å²) >= 11 is 0. The Morgan fingerprint density at radius 3 is 2.12 bits per heavy atom. The Bertz CT molecular complexity index is 1290. The highest BCUT2D eigenvalue weighted by Crippen LogP contribution is 2.65. The van der Waals surface area contributed by atoms with E-state index in [0.717, 1.165) is 13.8 Å². The highest BCUT2D eigenvalue weighted by atomic mass is 16.6. The quantitative estimate of drug-likeness (QED) is 0.148. The van der Waals surface area contributed by atoms with Gasteiger partial charge in [-0.1, -0.05) is 25.1 Å². The minimum absolute atomic E-state index is 0.0403. The average Bonchev–Trinajstić information content (AvgIpc) is 3.17. The summed E-state index contributed by atoms with van der Waals surface area (Å²) in [5, 5.41) is 71.7. The first-order valence-electron chi connectivity index (χ1n) is 14.3. The Morgan fingerprint density at radius 2 is 1.58 bits per heavy atom. The number of aliphatic hydroxyl groups is 6. The van der Waals surface area contributed by atoms with Crippen molar-refractivity contribution in [3.05, 3.63) is 47.0 Å². The number of rotatable bonds is 6. The van der Waals surface area contributed by atoms with Gasteiger partial charge in [-0.15, -0.1) is 0 Å². The predicted molar refractivity (Wildman–Crippen MR) is 149 cm³/mol. The lowest BCUT2D eigenvalue weighted by molar-refractivity contribution is -0.289. The van der Waals surface area contributed by atoms with Crippen LogP contribution in [0.15, 0.2) is 41.5 Å². The van der Waals surface area contributed by atoms with Crippen molar-refractivity contribution >= 4 is 17.9 Å². The maximum absolute atomic E-state index is 13.4.